The van der Waals surface area contributed by atoms with Gasteiger partial charge < -0.3 is 10.1 Å². The number of carbonyl (C=O) groups excluding carboxylic acids is 1. The molecule has 0 bridgehead atoms. The predicted molar refractivity (Wildman–Crippen MR) is 52.3 cm³/mol. The first-order chi connectivity index (χ1) is 6.29. The lowest BCUT2D eigenvalue weighted by molar-refractivity contribution is -0.118. The van der Waals surface area contributed by atoms with Crippen molar-refractivity contribution in [1.82, 2.24) is 0 Å². The van der Waals surface area contributed by atoms with E-state index in [9.17, 15) is 4.79 Å². The number of hydrogen-bond acceptors (Lipinski definition) is 3. The maximum Gasteiger partial charge on any atom is 0.262 e. The summed E-state index contributed by atoms with van der Waals surface area (Å²) in [5.74, 6) is 0.656. The molecule has 0 unspecified atom stereocenters. The molecule has 2 rings (SSSR count). The number of benzene rings is 1. The third kappa shape index (κ3) is 1.62. The van der Waals surface area contributed by atoms with Crippen molar-refractivity contribution in [3.05, 3.63) is 18.2 Å². The van der Waals surface area contributed by atoms with Crippen molar-refractivity contribution in [2.75, 3.05) is 18.2 Å². The minimum absolute atomic E-state index is 0.0919. The van der Waals surface area contributed by atoms with Gasteiger partial charge in [-0.3, -0.25) is 4.79 Å². The van der Waals surface area contributed by atoms with Gasteiger partial charge in [-0.2, -0.15) is 0 Å². The van der Waals surface area contributed by atoms with Gasteiger partial charge in [-0.05, 0) is 24.5 Å². The number of thioether (sulfide) groups is 1. The van der Waals surface area contributed by atoms with Crippen molar-refractivity contribution < 1.29 is 9.53 Å². The number of amides is 1. The topological polar surface area (TPSA) is 38.3 Å². The van der Waals surface area contributed by atoms with Crippen molar-refractivity contribution >= 4 is 23.4 Å². The number of anilines is 1. The summed E-state index contributed by atoms with van der Waals surface area (Å²) >= 11 is 1.64. The molecule has 68 valence electrons. The molecular formula is C9H9NO2S. The number of rotatable bonds is 1. The average Bonchev–Trinajstić information content (AvgIpc) is 2.16. The average molecular weight is 195 g/mol. The molecule has 1 aliphatic heterocycles. The molecule has 1 N–H and O–H groups in total. The van der Waals surface area contributed by atoms with E-state index in [2.05, 4.69) is 5.32 Å². The maximum absolute atomic E-state index is 11.0. The molecule has 3 nitrogen and oxygen atoms in total. The molecule has 0 radical (unpaired) electrons. The number of hydrogen-bond donors (Lipinski definition) is 1. The first-order valence-electron chi connectivity index (χ1n) is 3.90. The molecule has 1 aromatic carbocycles. The van der Waals surface area contributed by atoms with E-state index in [1.165, 1.54) is 0 Å². The van der Waals surface area contributed by atoms with Crippen molar-refractivity contribution in [2.24, 2.45) is 0 Å². The first-order valence-corrected chi connectivity index (χ1v) is 5.13. The summed E-state index contributed by atoms with van der Waals surface area (Å²) in [4.78, 5) is 12.1. The summed E-state index contributed by atoms with van der Waals surface area (Å²) in [6, 6.07) is 5.76. The lowest BCUT2D eigenvalue weighted by atomic mass is 10.2. The standard InChI is InChI=1S/C9H9NO2S/c1-13-6-2-3-8-7(4-6)10-9(11)5-12-8/h2-4H,5H2,1H3,(H,10,11). The van der Waals surface area contributed by atoms with Crippen LogP contribution in [0.15, 0.2) is 23.1 Å². The Bertz CT molecular complexity index is 351. The number of nitrogens with one attached hydrogen (secondary N) is 1. The summed E-state index contributed by atoms with van der Waals surface area (Å²) in [5, 5.41) is 2.76. The van der Waals surface area contributed by atoms with E-state index in [4.69, 9.17) is 4.74 Å². The Morgan fingerprint density at radius 3 is 3.15 bits per heavy atom. The second-order valence-electron chi connectivity index (χ2n) is 2.70. The highest BCUT2D eigenvalue weighted by molar-refractivity contribution is 7.98. The normalized spacial score (nSPS) is 14.4. The van der Waals surface area contributed by atoms with E-state index >= 15 is 0 Å². The molecule has 0 aromatic heterocycles. The highest BCUT2D eigenvalue weighted by Gasteiger charge is 2.15. The van der Waals surface area contributed by atoms with Crippen LogP contribution in [0.3, 0.4) is 0 Å². The summed E-state index contributed by atoms with van der Waals surface area (Å²) in [6.07, 6.45) is 1.99. The largest absolute Gasteiger partial charge is 0.482 e. The van der Waals surface area contributed by atoms with Crippen LogP contribution >= 0.6 is 11.8 Å². The van der Waals surface area contributed by atoms with Crippen LogP contribution in [0.5, 0.6) is 5.75 Å². The Labute approximate surface area is 80.5 Å². The van der Waals surface area contributed by atoms with Gasteiger partial charge in [-0.15, -0.1) is 11.8 Å². The molecule has 0 saturated carbocycles. The van der Waals surface area contributed by atoms with Crippen LogP contribution in [-0.2, 0) is 4.79 Å². The van der Waals surface area contributed by atoms with Crippen LogP contribution in [-0.4, -0.2) is 18.8 Å². The third-order valence-corrected chi connectivity index (χ3v) is 2.54. The van der Waals surface area contributed by atoms with Crippen LogP contribution in [0, 0.1) is 0 Å². The van der Waals surface area contributed by atoms with Crippen LogP contribution in [0.25, 0.3) is 0 Å². The van der Waals surface area contributed by atoms with Gasteiger partial charge in [0.25, 0.3) is 5.91 Å². The SMILES string of the molecule is CSc1ccc2c(c1)NC(=O)CO2. The number of carbonyl (C=O) groups is 1. The van der Waals surface area contributed by atoms with E-state index in [0.717, 1.165) is 16.3 Å². The first kappa shape index (κ1) is 8.44. The van der Waals surface area contributed by atoms with Crippen molar-refractivity contribution in [3.8, 4) is 5.75 Å². The van der Waals surface area contributed by atoms with Crippen LogP contribution in [0.2, 0.25) is 0 Å². The van der Waals surface area contributed by atoms with Gasteiger partial charge in [0, 0.05) is 4.90 Å². The number of ether oxygens (including phenoxy) is 1. The lowest BCUT2D eigenvalue weighted by Gasteiger charge is -2.17. The summed E-state index contributed by atoms with van der Waals surface area (Å²) < 4.78 is 5.21. The van der Waals surface area contributed by atoms with Gasteiger partial charge >= 0.3 is 0 Å². The molecule has 13 heavy (non-hydrogen) atoms. The summed E-state index contributed by atoms with van der Waals surface area (Å²) in [6.45, 7) is 0.117. The quantitative estimate of drug-likeness (QED) is 0.694. The fraction of sp³-hybridized carbons (Fsp3) is 0.222. The molecule has 1 aromatic rings. The highest BCUT2D eigenvalue weighted by atomic mass is 32.2. The Kier molecular flexibility index (Phi) is 2.14. The molecule has 0 fully saturated rings. The van der Waals surface area contributed by atoms with Gasteiger partial charge in [-0.25, -0.2) is 0 Å². The Morgan fingerprint density at radius 2 is 2.38 bits per heavy atom. The Balaban J connectivity index is 2.38. The summed E-state index contributed by atoms with van der Waals surface area (Å²) in [5.41, 5.74) is 0.767. The fourth-order valence-corrected chi connectivity index (χ4v) is 1.63. The zero-order chi connectivity index (χ0) is 9.26. The fourth-order valence-electron chi connectivity index (χ4n) is 1.19. The van der Waals surface area contributed by atoms with E-state index < -0.39 is 0 Å². The van der Waals surface area contributed by atoms with Gasteiger partial charge in [0.2, 0.25) is 0 Å². The molecule has 1 heterocycles. The molecule has 0 saturated heterocycles. The minimum atomic E-state index is -0.0919. The summed E-state index contributed by atoms with van der Waals surface area (Å²) in [7, 11) is 0. The van der Waals surface area contributed by atoms with Crippen LogP contribution < -0.4 is 10.1 Å². The second kappa shape index (κ2) is 3.30. The van der Waals surface area contributed by atoms with E-state index in [1.54, 1.807) is 11.8 Å². The van der Waals surface area contributed by atoms with E-state index in [-0.39, 0.29) is 12.5 Å². The monoisotopic (exact) mass is 195 g/mol. The second-order valence-corrected chi connectivity index (χ2v) is 3.58. The van der Waals surface area contributed by atoms with E-state index in [0.29, 0.717) is 0 Å². The van der Waals surface area contributed by atoms with Crippen molar-refractivity contribution in [3.63, 3.8) is 0 Å². The smallest absolute Gasteiger partial charge is 0.262 e. The molecule has 0 spiro atoms. The zero-order valence-corrected chi connectivity index (χ0v) is 7.98. The Hall–Kier alpha value is -1.16. The van der Waals surface area contributed by atoms with Gasteiger partial charge in [0.15, 0.2) is 6.61 Å². The Morgan fingerprint density at radius 1 is 1.54 bits per heavy atom. The van der Waals surface area contributed by atoms with Gasteiger partial charge in [-0.1, -0.05) is 0 Å². The number of fused-ring (bicyclic) bond motifs is 1. The molecular weight excluding hydrogens is 186 g/mol. The maximum atomic E-state index is 11.0. The lowest BCUT2D eigenvalue weighted by Crippen LogP contribution is -2.25. The van der Waals surface area contributed by atoms with Crippen molar-refractivity contribution in [1.29, 1.82) is 0 Å². The van der Waals surface area contributed by atoms with Gasteiger partial charge in [0.1, 0.15) is 5.75 Å². The molecule has 1 amide bonds. The molecule has 4 heteroatoms. The molecule has 0 aliphatic carbocycles. The third-order valence-electron chi connectivity index (χ3n) is 1.82. The van der Waals surface area contributed by atoms with Crippen LogP contribution in [0.1, 0.15) is 0 Å². The van der Waals surface area contributed by atoms with Gasteiger partial charge in [0.05, 0.1) is 5.69 Å². The highest BCUT2D eigenvalue weighted by Crippen LogP contribution is 2.31. The minimum Gasteiger partial charge on any atom is -0.482 e. The van der Waals surface area contributed by atoms with Crippen molar-refractivity contribution in [2.45, 2.75) is 4.90 Å². The zero-order valence-electron chi connectivity index (χ0n) is 7.16. The van der Waals surface area contributed by atoms with Crippen LogP contribution in [0.4, 0.5) is 5.69 Å². The van der Waals surface area contributed by atoms with E-state index in [1.807, 2.05) is 24.5 Å². The molecule has 0 atom stereocenters. The predicted octanol–water partition coefficient (Wildman–Crippen LogP) is 1.74. The molecule has 1 aliphatic rings.